The second kappa shape index (κ2) is 4.35. The predicted octanol–water partition coefficient (Wildman–Crippen LogP) is 0.939. The quantitative estimate of drug-likeness (QED) is 0.763. The molecular weight excluding hydrogens is 249 g/mol. The number of nitrogens with one attached hydrogen (secondary N) is 1. The maximum Gasteiger partial charge on any atom is 0.251 e. The van der Waals surface area contributed by atoms with E-state index >= 15 is 0 Å². The molecule has 0 aromatic heterocycles. The molecule has 5 nitrogen and oxygen atoms in total. The number of amides is 2. The van der Waals surface area contributed by atoms with E-state index in [4.69, 9.17) is 5.26 Å². The van der Waals surface area contributed by atoms with Crippen molar-refractivity contribution in [2.45, 2.75) is 19.4 Å². The van der Waals surface area contributed by atoms with E-state index in [2.05, 4.69) is 5.32 Å². The van der Waals surface area contributed by atoms with Crippen molar-refractivity contribution in [3.63, 3.8) is 0 Å². The lowest BCUT2D eigenvalue weighted by Gasteiger charge is -2.41. The Bertz CT molecular complexity index is 604. The van der Waals surface area contributed by atoms with E-state index in [9.17, 15) is 14.0 Å². The summed E-state index contributed by atoms with van der Waals surface area (Å²) < 4.78 is 13.6. The van der Waals surface area contributed by atoms with Gasteiger partial charge in [-0.25, -0.2) is 4.39 Å². The summed E-state index contributed by atoms with van der Waals surface area (Å²) in [6.45, 7) is 3.25. The topological polar surface area (TPSA) is 73.2 Å². The molecule has 0 saturated carbocycles. The van der Waals surface area contributed by atoms with Crippen molar-refractivity contribution >= 4 is 17.5 Å². The van der Waals surface area contributed by atoms with Crippen molar-refractivity contribution in [3.05, 3.63) is 29.6 Å². The molecule has 0 spiro atoms. The predicted molar refractivity (Wildman–Crippen MR) is 65.7 cm³/mol. The number of anilines is 1. The Morgan fingerprint density at radius 1 is 1.42 bits per heavy atom. The lowest BCUT2D eigenvalue weighted by molar-refractivity contribution is -0.135. The van der Waals surface area contributed by atoms with E-state index < -0.39 is 23.2 Å². The third-order valence-electron chi connectivity index (χ3n) is 3.17. The molecule has 0 unspecified atom stereocenters. The first kappa shape index (κ1) is 13.0. The summed E-state index contributed by atoms with van der Waals surface area (Å²) >= 11 is 0. The van der Waals surface area contributed by atoms with Crippen LogP contribution in [0.25, 0.3) is 0 Å². The summed E-state index contributed by atoms with van der Waals surface area (Å²) in [4.78, 5) is 24.7. The molecule has 1 aliphatic heterocycles. The summed E-state index contributed by atoms with van der Waals surface area (Å²) in [5, 5.41) is 10.9. The van der Waals surface area contributed by atoms with E-state index in [1.165, 1.54) is 17.0 Å². The number of nitriles is 1. The maximum absolute atomic E-state index is 13.6. The highest BCUT2D eigenvalue weighted by Crippen LogP contribution is 2.27. The summed E-state index contributed by atoms with van der Waals surface area (Å²) in [5.41, 5.74) is -0.645. The number of piperazine rings is 1. The molecule has 1 saturated heterocycles. The molecule has 98 valence electrons. The molecule has 1 aliphatic rings. The molecule has 1 aromatic carbocycles. The number of nitrogens with zero attached hydrogens (tertiary/aromatic N) is 2. The fourth-order valence-corrected chi connectivity index (χ4v) is 1.96. The van der Waals surface area contributed by atoms with Gasteiger partial charge >= 0.3 is 0 Å². The first-order chi connectivity index (χ1) is 8.86. The third kappa shape index (κ3) is 2.15. The molecule has 0 radical (unpaired) electrons. The monoisotopic (exact) mass is 261 g/mol. The van der Waals surface area contributed by atoms with Crippen LogP contribution in [0.15, 0.2) is 18.2 Å². The van der Waals surface area contributed by atoms with Crippen molar-refractivity contribution in [1.82, 2.24) is 5.32 Å². The van der Waals surface area contributed by atoms with Crippen LogP contribution in [0.2, 0.25) is 0 Å². The molecule has 19 heavy (non-hydrogen) atoms. The SMILES string of the molecule is CC1(C)C(=O)NC(=O)CN1c1ccc(C#N)c(F)c1. The van der Waals surface area contributed by atoms with Gasteiger partial charge in [-0.05, 0) is 32.0 Å². The van der Waals surface area contributed by atoms with E-state index in [1.807, 2.05) is 0 Å². The number of halogens is 1. The standard InChI is InChI=1S/C13H12FN3O2/c1-13(2)12(19)16-11(18)7-17(13)9-4-3-8(6-15)10(14)5-9/h3-5H,7H2,1-2H3,(H,16,18,19). The summed E-state index contributed by atoms with van der Waals surface area (Å²) in [5.74, 6) is -1.54. The highest BCUT2D eigenvalue weighted by atomic mass is 19.1. The Labute approximate surface area is 109 Å². The first-order valence-electron chi connectivity index (χ1n) is 5.68. The van der Waals surface area contributed by atoms with Gasteiger partial charge in [-0.1, -0.05) is 0 Å². The Kier molecular flexibility index (Phi) is 2.98. The highest BCUT2D eigenvalue weighted by molar-refractivity contribution is 6.06. The zero-order valence-electron chi connectivity index (χ0n) is 10.5. The van der Waals surface area contributed by atoms with Gasteiger partial charge in [-0.2, -0.15) is 5.26 Å². The van der Waals surface area contributed by atoms with Crippen LogP contribution in [0.1, 0.15) is 19.4 Å². The normalized spacial score (nSPS) is 17.9. The molecule has 1 heterocycles. The average molecular weight is 261 g/mol. The fourth-order valence-electron chi connectivity index (χ4n) is 1.96. The molecule has 0 atom stereocenters. The number of hydrogen-bond acceptors (Lipinski definition) is 4. The number of carbonyl (C=O) groups is 2. The molecule has 1 N–H and O–H groups in total. The van der Waals surface area contributed by atoms with Crippen LogP contribution >= 0.6 is 0 Å². The summed E-state index contributed by atoms with van der Waals surface area (Å²) in [6.07, 6.45) is 0. The molecule has 6 heteroatoms. The molecule has 1 aromatic rings. The summed E-state index contributed by atoms with van der Waals surface area (Å²) in [7, 11) is 0. The summed E-state index contributed by atoms with van der Waals surface area (Å²) in [6, 6.07) is 5.74. The lowest BCUT2D eigenvalue weighted by Crippen LogP contribution is -2.64. The minimum absolute atomic E-state index is 0.0376. The molecule has 2 rings (SSSR count). The van der Waals surface area contributed by atoms with Crippen molar-refractivity contribution in [1.29, 1.82) is 5.26 Å². The van der Waals surface area contributed by atoms with Gasteiger partial charge in [0, 0.05) is 5.69 Å². The first-order valence-corrected chi connectivity index (χ1v) is 5.68. The number of imide groups is 1. The van der Waals surface area contributed by atoms with Crippen LogP contribution in [0.4, 0.5) is 10.1 Å². The number of rotatable bonds is 1. The highest BCUT2D eigenvalue weighted by Gasteiger charge is 2.41. The third-order valence-corrected chi connectivity index (χ3v) is 3.17. The fraction of sp³-hybridized carbons (Fsp3) is 0.308. The van der Waals surface area contributed by atoms with Crippen LogP contribution in [0.3, 0.4) is 0 Å². The number of carbonyl (C=O) groups excluding carboxylic acids is 2. The van der Waals surface area contributed by atoms with Gasteiger partial charge < -0.3 is 4.90 Å². The smallest absolute Gasteiger partial charge is 0.251 e. The van der Waals surface area contributed by atoms with Gasteiger partial charge in [0.15, 0.2) is 0 Å². The van der Waals surface area contributed by atoms with E-state index in [1.54, 1.807) is 19.9 Å². The molecule has 0 aliphatic carbocycles. The van der Waals surface area contributed by atoms with Crippen molar-refractivity contribution < 1.29 is 14.0 Å². The van der Waals surface area contributed by atoms with Gasteiger partial charge in [0.25, 0.3) is 5.91 Å². The van der Waals surface area contributed by atoms with Crippen molar-refractivity contribution in [2.75, 3.05) is 11.4 Å². The Balaban J connectivity index is 2.45. The zero-order valence-corrected chi connectivity index (χ0v) is 10.5. The van der Waals surface area contributed by atoms with Crippen LogP contribution in [-0.2, 0) is 9.59 Å². The Morgan fingerprint density at radius 3 is 2.68 bits per heavy atom. The lowest BCUT2D eigenvalue weighted by atomic mass is 9.97. The van der Waals surface area contributed by atoms with Crippen LogP contribution in [0.5, 0.6) is 0 Å². The van der Waals surface area contributed by atoms with E-state index in [0.717, 1.165) is 6.07 Å². The molecule has 0 bridgehead atoms. The zero-order chi connectivity index (χ0) is 14.2. The largest absolute Gasteiger partial charge is 0.348 e. The molecule has 1 fully saturated rings. The maximum atomic E-state index is 13.6. The van der Waals surface area contributed by atoms with Gasteiger partial charge in [0.05, 0.1) is 12.1 Å². The molecule has 2 amide bonds. The second-order valence-corrected chi connectivity index (χ2v) is 4.80. The van der Waals surface area contributed by atoms with Gasteiger partial charge in [-0.3, -0.25) is 14.9 Å². The van der Waals surface area contributed by atoms with Gasteiger partial charge in [-0.15, -0.1) is 0 Å². The average Bonchev–Trinajstić information content (AvgIpc) is 2.34. The van der Waals surface area contributed by atoms with Crippen LogP contribution in [-0.4, -0.2) is 23.9 Å². The number of hydrogen-bond donors (Lipinski definition) is 1. The number of benzene rings is 1. The van der Waals surface area contributed by atoms with E-state index in [0.29, 0.717) is 5.69 Å². The Morgan fingerprint density at radius 2 is 2.11 bits per heavy atom. The van der Waals surface area contributed by atoms with Crippen molar-refractivity contribution in [3.8, 4) is 6.07 Å². The van der Waals surface area contributed by atoms with Crippen molar-refractivity contribution in [2.24, 2.45) is 0 Å². The van der Waals surface area contributed by atoms with Gasteiger partial charge in [0.2, 0.25) is 5.91 Å². The Hall–Kier alpha value is -2.42. The minimum atomic E-state index is -0.964. The molecular formula is C13H12FN3O2. The minimum Gasteiger partial charge on any atom is -0.348 e. The second-order valence-electron chi connectivity index (χ2n) is 4.80. The van der Waals surface area contributed by atoms with Gasteiger partial charge in [0.1, 0.15) is 17.4 Å². The van der Waals surface area contributed by atoms with Crippen LogP contribution in [0, 0.1) is 17.1 Å². The van der Waals surface area contributed by atoms with Crippen LogP contribution < -0.4 is 10.2 Å². The van der Waals surface area contributed by atoms with E-state index in [-0.39, 0.29) is 12.1 Å².